The minimum Gasteiger partial charge on any atom is -0.368 e. The van der Waals surface area contributed by atoms with Crippen molar-refractivity contribution in [3.05, 3.63) is 30.3 Å². The zero-order valence-corrected chi connectivity index (χ0v) is 10.7. The van der Waals surface area contributed by atoms with Gasteiger partial charge in [0.05, 0.1) is 0 Å². The SMILES string of the molecule is CCCCN(c1ccccc1)C(C)CNC. The van der Waals surface area contributed by atoms with Crippen LogP contribution in [0.15, 0.2) is 30.3 Å². The van der Waals surface area contributed by atoms with Crippen molar-refractivity contribution in [1.29, 1.82) is 0 Å². The molecule has 0 saturated heterocycles. The molecule has 0 spiro atoms. The van der Waals surface area contributed by atoms with Gasteiger partial charge in [0.2, 0.25) is 0 Å². The fourth-order valence-electron chi connectivity index (χ4n) is 1.96. The van der Waals surface area contributed by atoms with Gasteiger partial charge < -0.3 is 10.2 Å². The van der Waals surface area contributed by atoms with Crippen LogP contribution in [0.2, 0.25) is 0 Å². The smallest absolute Gasteiger partial charge is 0.0386 e. The van der Waals surface area contributed by atoms with Crippen LogP contribution in [0.3, 0.4) is 0 Å². The first-order chi connectivity index (χ1) is 7.79. The van der Waals surface area contributed by atoms with E-state index in [2.05, 4.69) is 54.4 Å². The fraction of sp³-hybridized carbons (Fsp3) is 0.571. The Balaban J connectivity index is 2.70. The second-order valence-corrected chi connectivity index (χ2v) is 4.29. The van der Waals surface area contributed by atoms with Crippen molar-refractivity contribution < 1.29 is 0 Å². The highest BCUT2D eigenvalue weighted by Crippen LogP contribution is 2.16. The number of likely N-dealkylation sites (N-methyl/N-ethyl adjacent to an activating group) is 1. The van der Waals surface area contributed by atoms with E-state index in [0.717, 1.165) is 13.1 Å². The molecule has 90 valence electrons. The lowest BCUT2D eigenvalue weighted by Crippen LogP contribution is -2.40. The molecular formula is C14H24N2. The first-order valence-corrected chi connectivity index (χ1v) is 6.25. The topological polar surface area (TPSA) is 15.3 Å². The molecule has 0 radical (unpaired) electrons. The number of nitrogens with zero attached hydrogens (tertiary/aromatic N) is 1. The summed E-state index contributed by atoms with van der Waals surface area (Å²) in [4.78, 5) is 2.49. The molecule has 1 aromatic carbocycles. The third-order valence-electron chi connectivity index (χ3n) is 2.87. The van der Waals surface area contributed by atoms with Crippen molar-refractivity contribution in [3.63, 3.8) is 0 Å². The number of hydrogen-bond acceptors (Lipinski definition) is 2. The van der Waals surface area contributed by atoms with Crippen LogP contribution >= 0.6 is 0 Å². The third-order valence-corrected chi connectivity index (χ3v) is 2.87. The summed E-state index contributed by atoms with van der Waals surface area (Å²) in [6.45, 7) is 6.69. The van der Waals surface area contributed by atoms with Crippen LogP contribution in [0.5, 0.6) is 0 Å². The normalized spacial score (nSPS) is 12.4. The molecule has 2 nitrogen and oxygen atoms in total. The summed E-state index contributed by atoms with van der Waals surface area (Å²) in [7, 11) is 2.01. The lowest BCUT2D eigenvalue weighted by molar-refractivity contribution is 0.579. The van der Waals surface area contributed by atoms with Crippen molar-refractivity contribution >= 4 is 5.69 Å². The summed E-state index contributed by atoms with van der Waals surface area (Å²) in [6.07, 6.45) is 2.50. The number of para-hydroxylation sites is 1. The maximum atomic E-state index is 3.25. The van der Waals surface area contributed by atoms with Gasteiger partial charge in [0.25, 0.3) is 0 Å². The van der Waals surface area contributed by atoms with Crippen LogP contribution in [-0.2, 0) is 0 Å². The second kappa shape index (κ2) is 7.29. The van der Waals surface area contributed by atoms with Gasteiger partial charge in [-0.1, -0.05) is 31.5 Å². The molecule has 16 heavy (non-hydrogen) atoms. The van der Waals surface area contributed by atoms with Crippen LogP contribution in [0.25, 0.3) is 0 Å². The van der Waals surface area contributed by atoms with Crippen molar-refractivity contribution in [3.8, 4) is 0 Å². The molecule has 0 aliphatic carbocycles. The average molecular weight is 220 g/mol. The standard InChI is InChI=1S/C14H24N2/c1-4-5-11-16(13(2)12-15-3)14-9-7-6-8-10-14/h6-10,13,15H,4-5,11-12H2,1-3H3. The molecule has 1 unspecified atom stereocenters. The Morgan fingerprint density at radius 2 is 1.94 bits per heavy atom. The minimum absolute atomic E-state index is 0.541. The molecule has 1 atom stereocenters. The van der Waals surface area contributed by atoms with Gasteiger partial charge in [-0.25, -0.2) is 0 Å². The van der Waals surface area contributed by atoms with Gasteiger partial charge in [0.1, 0.15) is 0 Å². The van der Waals surface area contributed by atoms with Crippen molar-refractivity contribution in [2.45, 2.75) is 32.7 Å². The zero-order valence-electron chi connectivity index (χ0n) is 10.7. The van der Waals surface area contributed by atoms with Crippen LogP contribution in [0.4, 0.5) is 5.69 Å². The Hall–Kier alpha value is -1.02. The van der Waals surface area contributed by atoms with E-state index in [1.807, 2.05) is 7.05 Å². The number of nitrogens with one attached hydrogen (secondary N) is 1. The highest BCUT2D eigenvalue weighted by molar-refractivity contribution is 5.46. The van der Waals surface area contributed by atoms with E-state index < -0.39 is 0 Å². The lowest BCUT2D eigenvalue weighted by atomic mass is 10.2. The molecule has 0 aliphatic rings. The molecule has 0 aliphatic heterocycles. The van der Waals surface area contributed by atoms with Gasteiger partial charge in [0, 0.05) is 24.8 Å². The monoisotopic (exact) mass is 220 g/mol. The van der Waals surface area contributed by atoms with Crippen molar-refractivity contribution in [1.82, 2.24) is 5.32 Å². The van der Waals surface area contributed by atoms with Crippen LogP contribution in [0.1, 0.15) is 26.7 Å². The van der Waals surface area contributed by atoms with E-state index in [1.54, 1.807) is 0 Å². The Labute approximate surface area is 99.7 Å². The first kappa shape index (κ1) is 13.0. The average Bonchev–Trinajstić information content (AvgIpc) is 2.31. The number of unbranched alkanes of at least 4 members (excludes halogenated alkanes) is 1. The van der Waals surface area contributed by atoms with E-state index in [0.29, 0.717) is 6.04 Å². The van der Waals surface area contributed by atoms with Crippen LogP contribution in [-0.4, -0.2) is 26.2 Å². The Bertz CT molecular complexity index is 271. The number of anilines is 1. The molecule has 1 N–H and O–H groups in total. The quantitative estimate of drug-likeness (QED) is 0.760. The molecule has 0 bridgehead atoms. The molecule has 0 aromatic heterocycles. The minimum atomic E-state index is 0.541. The number of rotatable bonds is 7. The molecule has 0 amide bonds. The van der Waals surface area contributed by atoms with E-state index in [1.165, 1.54) is 18.5 Å². The maximum Gasteiger partial charge on any atom is 0.0386 e. The molecule has 1 aromatic rings. The largest absolute Gasteiger partial charge is 0.368 e. The Morgan fingerprint density at radius 3 is 2.50 bits per heavy atom. The molecule has 0 saturated carbocycles. The lowest BCUT2D eigenvalue weighted by Gasteiger charge is -2.31. The highest BCUT2D eigenvalue weighted by Gasteiger charge is 2.12. The van der Waals surface area contributed by atoms with Crippen LogP contribution in [0, 0.1) is 0 Å². The Morgan fingerprint density at radius 1 is 1.25 bits per heavy atom. The highest BCUT2D eigenvalue weighted by atomic mass is 15.2. The van der Waals surface area contributed by atoms with Crippen molar-refractivity contribution in [2.24, 2.45) is 0 Å². The summed E-state index contributed by atoms with van der Waals surface area (Å²) in [6, 6.07) is 11.2. The second-order valence-electron chi connectivity index (χ2n) is 4.29. The molecule has 1 rings (SSSR count). The van der Waals surface area contributed by atoms with E-state index >= 15 is 0 Å². The van der Waals surface area contributed by atoms with E-state index in [-0.39, 0.29) is 0 Å². The first-order valence-electron chi connectivity index (χ1n) is 6.25. The summed E-state index contributed by atoms with van der Waals surface area (Å²) in [5.74, 6) is 0. The predicted octanol–water partition coefficient (Wildman–Crippen LogP) is 2.90. The predicted molar refractivity (Wildman–Crippen MR) is 72.1 cm³/mol. The molecule has 0 heterocycles. The van der Waals surface area contributed by atoms with Gasteiger partial charge in [-0.15, -0.1) is 0 Å². The summed E-state index contributed by atoms with van der Waals surface area (Å²) >= 11 is 0. The summed E-state index contributed by atoms with van der Waals surface area (Å²) in [5.41, 5.74) is 1.33. The third kappa shape index (κ3) is 3.86. The molecule has 0 fully saturated rings. The van der Waals surface area contributed by atoms with Gasteiger partial charge in [0.15, 0.2) is 0 Å². The molecular weight excluding hydrogens is 196 g/mol. The van der Waals surface area contributed by atoms with Crippen molar-refractivity contribution in [2.75, 3.05) is 25.0 Å². The van der Waals surface area contributed by atoms with Crippen LogP contribution < -0.4 is 10.2 Å². The van der Waals surface area contributed by atoms with Gasteiger partial charge in [-0.2, -0.15) is 0 Å². The van der Waals surface area contributed by atoms with Gasteiger partial charge in [-0.3, -0.25) is 0 Å². The zero-order chi connectivity index (χ0) is 11.8. The van der Waals surface area contributed by atoms with Gasteiger partial charge >= 0.3 is 0 Å². The molecule has 2 heteroatoms. The summed E-state index contributed by atoms with van der Waals surface area (Å²) < 4.78 is 0. The Kier molecular flexibility index (Phi) is 5.94. The van der Waals surface area contributed by atoms with E-state index in [4.69, 9.17) is 0 Å². The fourth-order valence-corrected chi connectivity index (χ4v) is 1.96. The van der Waals surface area contributed by atoms with E-state index in [9.17, 15) is 0 Å². The number of benzene rings is 1. The summed E-state index contributed by atoms with van der Waals surface area (Å²) in [5, 5.41) is 3.25. The maximum absolute atomic E-state index is 3.25. The van der Waals surface area contributed by atoms with Gasteiger partial charge in [-0.05, 0) is 32.5 Å². The number of hydrogen-bond donors (Lipinski definition) is 1.